The molecule has 0 saturated carbocycles. The minimum atomic E-state index is -0.143. The Morgan fingerprint density at radius 2 is 2.10 bits per heavy atom. The van der Waals surface area contributed by atoms with Gasteiger partial charge in [0.25, 0.3) is 0 Å². The second-order valence-electron chi connectivity index (χ2n) is 5.17. The fourth-order valence-electron chi connectivity index (χ4n) is 1.89. The predicted octanol–water partition coefficient (Wildman–Crippen LogP) is 3.31. The highest BCUT2D eigenvalue weighted by molar-refractivity contribution is 6.31. The van der Waals surface area contributed by atoms with Gasteiger partial charge < -0.3 is 4.74 Å². The van der Waals surface area contributed by atoms with Crippen LogP contribution in [0.5, 0.6) is 5.75 Å². The van der Waals surface area contributed by atoms with E-state index in [0.29, 0.717) is 18.9 Å². The largest absolute Gasteiger partial charge is 0.493 e. The first kappa shape index (κ1) is 16.8. The van der Waals surface area contributed by atoms with Crippen LogP contribution < -0.4 is 16.0 Å². The summed E-state index contributed by atoms with van der Waals surface area (Å²) in [6, 6.07) is 3.95. The molecule has 1 aromatic carbocycles. The van der Waals surface area contributed by atoms with Gasteiger partial charge in [0, 0.05) is 11.4 Å². The zero-order valence-electron chi connectivity index (χ0n) is 12.3. The summed E-state index contributed by atoms with van der Waals surface area (Å²) in [4.78, 5) is 11.0. The van der Waals surface area contributed by atoms with Crippen LogP contribution in [0.15, 0.2) is 12.1 Å². The molecule has 0 unspecified atom stereocenters. The molecule has 0 heterocycles. The van der Waals surface area contributed by atoms with Crippen LogP contribution in [-0.4, -0.2) is 12.5 Å². The Balaban J connectivity index is 2.55. The maximum Gasteiger partial charge on any atom is 0.233 e. The lowest BCUT2D eigenvalue weighted by molar-refractivity contribution is -0.121. The molecule has 0 aromatic heterocycles. The van der Waals surface area contributed by atoms with E-state index >= 15 is 0 Å². The zero-order chi connectivity index (χ0) is 15.1. The SMILES string of the molecule is Cc1cc(OCCCCC(=O)NN)c(C(C)C)cc1Cl. The molecular weight excluding hydrogens is 276 g/mol. The smallest absolute Gasteiger partial charge is 0.233 e. The Morgan fingerprint density at radius 3 is 2.70 bits per heavy atom. The van der Waals surface area contributed by atoms with E-state index in [-0.39, 0.29) is 5.91 Å². The average molecular weight is 299 g/mol. The Labute approximate surface area is 125 Å². The number of ether oxygens (including phenoxy) is 1. The van der Waals surface area contributed by atoms with Gasteiger partial charge in [-0.3, -0.25) is 10.2 Å². The van der Waals surface area contributed by atoms with Gasteiger partial charge in [-0.05, 0) is 48.9 Å². The fourth-order valence-corrected chi connectivity index (χ4v) is 2.06. The molecule has 0 radical (unpaired) electrons. The van der Waals surface area contributed by atoms with Crippen molar-refractivity contribution in [3.63, 3.8) is 0 Å². The van der Waals surface area contributed by atoms with Crippen molar-refractivity contribution < 1.29 is 9.53 Å². The summed E-state index contributed by atoms with van der Waals surface area (Å²) in [6.45, 7) is 6.77. The standard InChI is InChI=1S/C15H23ClN2O2/c1-10(2)12-9-13(16)11(3)8-14(12)20-7-5-4-6-15(19)18-17/h8-10H,4-7,17H2,1-3H3,(H,18,19). The minimum Gasteiger partial charge on any atom is -0.493 e. The molecule has 4 nitrogen and oxygen atoms in total. The van der Waals surface area contributed by atoms with E-state index in [0.717, 1.165) is 34.7 Å². The topological polar surface area (TPSA) is 64.3 Å². The summed E-state index contributed by atoms with van der Waals surface area (Å²) >= 11 is 6.15. The zero-order valence-corrected chi connectivity index (χ0v) is 13.1. The van der Waals surface area contributed by atoms with Gasteiger partial charge >= 0.3 is 0 Å². The molecule has 0 spiro atoms. The van der Waals surface area contributed by atoms with Gasteiger partial charge in [-0.2, -0.15) is 0 Å². The van der Waals surface area contributed by atoms with Crippen molar-refractivity contribution >= 4 is 17.5 Å². The van der Waals surface area contributed by atoms with E-state index in [4.69, 9.17) is 22.2 Å². The number of benzene rings is 1. The lowest BCUT2D eigenvalue weighted by atomic mass is 10.0. The van der Waals surface area contributed by atoms with Gasteiger partial charge in [0.2, 0.25) is 5.91 Å². The minimum absolute atomic E-state index is 0.143. The number of hydrogen-bond donors (Lipinski definition) is 2. The van der Waals surface area contributed by atoms with Crippen molar-refractivity contribution in [3.05, 3.63) is 28.3 Å². The van der Waals surface area contributed by atoms with E-state index in [1.807, 2.05) is 19.1 Å². The quantitative estimate of drug-likeness (QED) is 0.351. The third-order valence-corrected chi connectivity index (χ3v) is 3.54. The molecule has 0 aliphatic rings. The first-order valence-corrected chi connectivity index (χ1v) is 7.25. The van der Waals surface area contributed by atoms with E-state index in [2.05, 4.69) is 19.3 Å². The van der Waals surface area contributed by atoms with Crippen LogP contribution in [-0.2, 0) is 4.79 Å². The second kappa shape index (κ2) is 8.12. The summed E-state index contributed by atoms with van der Waals surface area (Å²) in [5, 5.41) is 0.765. The molecule has 0 saturated heterocycles. The second-order valence-corrected chi connectivity index (χ2v) is 5.57. The molecule has 112 valence electrons. The maximum absolute atomic E-state index is 11.0. The molecule has 3 N–H and O–H groups in total. The average Bonchev–Trinajstić information content (AvgIpc) is 2.41. The Hall–Kier alpha value is -1.26. The van der Waals surface area contributed by atoms with Gasteiger partial charge in [0.15, 0.2) is 0 Å². The van der Waals surface area contributed by atoms with E-state index in [9.17, 15) is 4.79 Å². The summed E-state index contributed by atoms with van der Waals surface area (Å²) in [5.74, 6) is 6.11. The molecule has 0 aliphatic carbocycles. The molecule has 1 rings (SSSR count). The van der Waals surface area contributed by atoms with E-state index in [1.54, 1.807) is 0 Å². The lowest BCUT2D eigenvalue weighted by Crippen LogP contribution is -2.29. The first-order valence-electron chi connectivity index (χ1n) is 6.88. The number of rotatable bonds is 7. The summed E-state index contributed by atoms with van der Waals surface area (Å²) in [6.07, 6.45) is 2.00. The van der Waals surface area contributed by atoms with Gasteiger partial charge in [0.1, 0.15) is 5.75 Å². The van der Waals surface area contributed by atoms with Gasteiger partial charge in [-0.25, -0.2) is 5.84 Å². The van der Waals surface area contributed by atoms with Crippen LogP contribution in [0, 0.1) is 6.92 Å². The molecule has 1 aromatic rings. The number of hydrazine groups is 1. The van der Waals surface area contributed by atoms with Crippen LogP contribution in [0.4, 0.5) is 0 Å². The van der Waals surface area contributed by atoms with E-state index < -0.39 is 0 Å². The normalized spacial score (nSPS) is 10.7. The highest BCUT2D eigenvalue weighted by atomic mass is 35.5. The molecule has 0 aliphatic heterocycles. The number of aryl methyl sites for hydroxylation is 1. The molecule has 5 heteroatoms. The molecule has 0 atom stereocenters. The van der Waals surface area contributed by atoms with Gasteiger partial charge in [-0.1, -0.05) is 25.4 Å². The number of amides is 1. The third kappa shape index (κ3) is 5.02. The predicted molar refractivity (Wildman–Crippen MR) is 82.0 cm³/mol. The Bertz CT molecular complexity index is 461. The first-order chi connectivity index (χ1) is 9.45. The maximum atomic E-state index is 11.0. The van der Waals surface area contributed by atoms with Crippen molar-refractivity contribution in [2.24, 2.45) is 5.84 Å². The lowest BCUT2D eigenvalue weighted by Gasteiger charge is -2.16. The van der Waals surface area contributed by atoms with Gasteiger partial charge in [0.05, 0.1) is 6.61 Å². The molecule has 1 amide bonds. The Kier molecular flexibility index (Phi) is 6.82. The fraction of sp³-hybridized carbons (Fsp3) is 0.533. The van der Waals surface area contributed by atoms with Crippen molar-refractivity contribution in [2.45, 2.75) is 46.0 Å². The summed E-state index contributed by atoms with van der Waals surface area (Å²) in [5.41, 5.74) is 4.24. The van der Waals surface area contributed by atoms with Crippen molar-refractivity contribution in [2.75, 3.05) is 6.61 Å². The molecule has 0 bridgehead atoms. The van der Waals surface area contributed by atoms with Crippen molar-refractivity contribution in [1.29, 1.82) is 0 Å². The third-order valence-electron chi connectivity index (χ3n) is 3.13. The van der Waals surface area contributed by atoms with Crippen LogP contribution in [0.3, 0.4) is 0 Å². The number of hydrogen-bond acceptors (Lipinski definition) is 3. The van der Waals surface area contributed by atoms with Crippen LogP contribution in [0.25, 0.3) is 0 Å². The number of nitrogens with one attached hydrogen (secondary N) is 1. The van der Waals surface area contributed by atoms with E-state index in [1.165, 1.54) is 0 Å². The molecular formula is C15H23ClN2O2. The number of carbonyl (C=O) groups excluding carboxylic acids is 1. The number of unbranched alkanes of at least 4 members (excludes halogenated alkanes) is 1. The van der Waals surface area contributed by atoms with Gasteiger partial charge in [-0.15, -0.1) is 0 Å². The monoisotopic (exact) mass is 298 g/mol. The highest BCUT2D eigenvalue weighted by Gasteiger charge is 2.11. The number of nitrogens with two attached hydrogens (primary N) is 1. The summed E-state index contributed by atoms with van der Waals surface area (Å²) in [7, 11) is 0. The number of halogens is 1. The highest BCUT2D eigenvalue weighted by Crippen LogP contribution is 2.32. The molecule has 20 heavy (non-hydrogen) atoms. The molecule has 0 fully saturated rings. The van der Waals surface area contributed by atoms with Crippen LogP contribution >= 0.6 is 11.6 Å². The van der Waals surface area contributed by atoms with Crippen molar-refractivity contribution in [3.8, 4) is 5.75 Å². The number of carbonyl (C=O) groups is 1. The summed E-state index contributed by atoms with van der Waals surface area (Å²) < 4.78 is 5.83. The van der Waals surface area contributed by atoms with Crippen LogP contribution in [0.1, 0.15) is 50.2 Å². The van der Waals surface area contributed by atoms with Crippen molar-refractivity contribution in [1.82, 2.24) is 5.43 Å². The Morgan fingerprint density at radius 1 is 1.40 bits per heavy atom. The van der Waals surface area contributed by atoms with Crippen LogP contribution in [0.2, 0.25) is 5.02 Å².